The van der Waals surface area contributed by atoms with Gasteiger partial charge in [-0.15, -0.1) is 0 Å². The molecular weight excluding hydrogens is 386 g/mol. The fourth-order valence-corrected chi connectivity index (χ4v) is 2.77. The van der Waals surface area contributed by atoms with E-state index >= 15 is 0 Å². The van der Waals surface area contributed by atoms with E-state index in [0.29, 0.717) is 17.9 Å². The number of benzene rings is 2. The fraction of sp³-hybridized carbons (Fsp3) is 0.318. The van der Waals surface area contributed by atoms with Gasteiger partial charge in [-0.2, -0.15) is 0 Å². The predicted molar refractivity (Wildman–Crippen MR) is 114 cm³/mol. The van der Waals surface area contributed by atoms with Crippen molar-refractivity contribution in [3.63, 3.8) is 0 Å². The van der Waals surface area contributed by atoms with Crippen molar-refractivity contribution >= 4 is 23.5 Å². The van der Waals surface area contributed by atoms with Gasteiger partial charge < -0.3 is 14.4 Å². The van der Waals surface area contributed by atoms with Crippen molar-refractivity contribution in [2.75, 3.05) is 31.2 Å². The average molecular weight is 413 g/mol. The van der Waals surface area contributed by atoms with E-state index in [2.05, 4.69) is 29.6 Å². The van der Waals surface area contributed by atoms with E-state index in [1.54, 1.807) is 43.3 Å². The van der Waals surface area contributed by atoms with Crippen LogP contribution in [0.1, 0.15) is 41.5 Å². The number of ether oxygens (including phenoxy) is 2. The zero-order valence-electron chi connectivity index (χ0n) is 17.4. The van der Waals surface area contributed by atoms with Gasteiger partial charge in [-0.1, -0.05) is 12.1 Å². The lowest BCUT2D eigenvalue weighted by Crippen LogP contribution is -2.43. The summed E-state index contributed by atoms with van der Waals surface area (Å²) in [6, 6.07) is 13.7. The molecule has 0 unspecified atom stereocenters. The van der Waals surface area contributed by atoms with Crippen molar-refractivity contribution in [1.82, 2.24) is 10.9 Å². The van der Waals surface area contributed by atoms with E-state index in [1.807, 2.05) is 12.1 Å². The molecule has 0 saturated heterocycles. The van der Waals surface area contributed by atoms with Crippen LogP contribution in [0.15, 0.2) is 48.5 Å². The van der Waals surface area contributed by atoms with Gasteiger partial charge in [-0.25, -0.2) is 4.79 Å². The van der Waals surface area contributed by atoms with Gasteiger partial charge in [0.15, 0.2) is 6.61 Å². The van der Waals surface area contributed by atoms with Crippen LogP contribution >= 0.6 is 0 Å². The third-order valence-corrected chi connectivity index (χ3v) is 4.31. The Kier molecular flexibility index (Phi) is 8.68. The number of hydrogen-bond acceptors (Lipinski definition) is 6. The molecule has 0 radical (unpaired) electrons. The quantitative estimate of drug-likeness (QED) is 0.484. The van der Waals surface area contributed by atoms with Crippen molar-refractivity contribution in [3.05, 3.63) is 59.7 Å². The number of para-hydroxylation sites is 1. The zero-order chi connectivity index (χ0) is 21.9. The molecule has 0 fully saturated rings. The highest BCUT2D eigenvalue weighted by Crippen LogP contribution is 2.18. The number of hydrazine groups is 1. The van der Waals surface area contributed by atoms with Gasteiger partial charge in [0.2, 0.25) is 0 Å². The Morgan fingerprint density at radius 3 is 2.20 bits per heavy atom. The van der Waals surface area contributed by atoms with Crippen molar-refractivity contribution in [2.24, 2.45) is 0 Å². The summed E-state index contributed by atoms with van der Waals surface area (Å²) >= 11 is 0. The minimum atomic E-state index is -0.687. The molecule has 160 valence electrons. The Labute approximate surface area is 176 Å². The summed E-state index contributed by atoms with van der Waals surface area (Å²) in [5.74, 6) is -1.44. The predicted octanol–water partition coefficient (Wildman–Crippen LogP) is 2.55. The van der Waals surface area contributed by atoms with Crippen LogP contribution in [0.4, 0.5) is 5.69 Å². The molecule has 2 amide bonds. The maximum absolute atomic E-state index is 12.2. The molecule has 8 nitrogen and oxygen atoms in total. The lowest BCUT2D eigenvalue weighted by molar-refractivity contribution is -0.125. The second-order valence-electron chi connectivity index (χ2n) is 6.23. The second kappa shape index (κ2) is 11.5. The largest absolute Gasteiger partial charge is 0.493 e. The lowest BCUT2D eigenvalue weighted by Gasteiger charge is -2.21. The summed E-state index contributed by atoms with van der Waals surface area (Å²) in [6.07, 6.45) is 0. The van der Waals surface area contributed by atoms with Gasteiger partial charge in [-0.3, -0.25) is 20.4 Å². The molecule has 0 aliphatic heterocycles. The molecule has 2 aromatic rings. The molecule has 0 aromatic heterocycles. The van der Waals surface area contributed by atoms with E-state index in [0.717, 1.165) is 18.8 Å². The van der Waals surface area contributed by atoms with Crippen molar-refractivity contribution in [3.8, 4) is 5.75 Å². The standard InChI is InChI=1S/C22H27N3O5/c1-4-25(5-2)17-13-11-16(12-14-17)21(27)24-23-20(26)15-30-22(28)18-9-7-8-10-19(18)29-6-3/h7-14H,4-6,15H2,1-3H3,(H,23,26)(H,24,27). The van der Waals surface area contributed by atoms with Gasteiger partial charge in [-0.05, 0) is 57.2 Å². The first-order valence-electron chi connectivity index (χ1n) is 9.83. The lowest BCUT2D eigenvalue weighted by atomic mass is 10.2. The van der Waals surface area contributed by atoms with Crippen LogP contribution in [0, 0.1) is 0 Å². The Bertz CT molecular complexity index is 863. The average Bonchev–Trinajstić information content (AvgIpc) is 2.77. The summed E-state index contributed by atoms with van der Waals surface area (Å²) in [5, 5.41) is 0. The van der Waals surface area contributed by atoms with Crippen LogP contribution in [-0.4, -0.2) is 44.1 Å². The number of nitrogens with zero attached hydrogens (tertiary/aromatic N) is 1. The molecular formula is C22H27N3O5. The number of amides is 2. The number of esters is 1. The third-order valence-electron chi connectivity index (χ3n) is 4.31. The molecule has 0 spiro atoms. The molecule has 0 aliphatic rings. The molecule has 2 rings (SSSR count). The van der Waals surface area contributed by atoms with Crippen LogP contribution in [0.5, 0.6) is 5.75 Å². The Hall–Kier alpha value is -3.55. The molecule has 2 N–H and O–H groups in total. The SMILES string of the molecule is CCOc1ccccc1C(=O)OCC(=O)NNC(=O)c1ccc(N(CC)CC)cc1. The van der Waals surface area contributed by atoms with E-state index in [4.69, 9.17) is 9.47 Å². The van der Waals surface area contributed by atoms with Crippen LogP contribution in [-0.2, 0) is 9.53 Å². The first-order chi connectivity index (χ1) is 14.5. The zero-order valence-corrected chi connectivity index (χ0v) is 17.4. The summed E-state index contributed by atoms with van der Waals surface area (Å²) in [7, 11) is 0. The van der Waals surface area contributed by atoms with Crippen molar-refractivity contribution in [2.45, 2.75) is 20.8 Å². The topological polar surface area (TPSA) is 97.0 Å². The molecule has 0 atom stereocenters. The number of anilines is 1. The maximum Gasteiger partial charge on any atom is 0.342 e. The minimum Gasteiger partial charge on any atom is -0.493 e. The van der Waals surface area contributed by atoms with Gasteiger partial charge >= 0.3 is 5.97 Å². The van der Waals surface area contributed by atoms with Gasteiger partial charge in [0.25, 0.3) is 11.8 Å². The fourth-order valence-electron chi connectivity index (χ4n) is 2.77. The van der Waals surface area contributed by atoms with Crippen molar-refractivity contribution in [1.29, 1.82) is 0 Å². The van der Waals surface area contributed by atoms with Gasteiger partial charge in [0.05, 0.1) is 6.61 Å². The number of nitrogens with one attached hydrogen (secondary N) is 2. The minimum absolute atomic E-state index is 0.226. The van der Waals surface area contributed by atoms with E-state index in [1.165, 1.54) is 0 Å². The van der Waals surface area contributed by atoms with Crippen LogP contribution in [0.2, 0.25) is 0 Å². The summed E-state index contributed by atoms with van der Waals surface area (Å²) in [5.41, 5.74) is 6.17. The molecule has 2 aromatic carbocycles. The van der Waals surface area contributed by atoms with E-state index in [9.17, 15) is 14.4 Å². The highest BCUT2D eigenvalue weighted by Gasteiger charge is 2.15. The molecule has 0 saturated carbocycles. The van der Waals surface area contributed by atoms with Gasteiger partial charge in [0, 0.05) is 24.3 Å². The number of rotatable bonds is 9. The number of carbonyl (C=O) groups excluding carboxylic acids is 3. The Balaban J connectivity index is 1.83. The smallest absolute Gasteiger partial charge is 0.342 e. The van der Waals surface area contributed by atoms with Gasteiger partial charge in [0.1, 0.15) is 11.3 Å². The molecule has 30 heavy (non-hydrogen) atoms. The van der Waals surface area contributed by atoms with Crippen molar-refractivity contribution < 1.29 is 23.9 Å². The Morgan fingerprint density at radius 1 is 0.900 bits per heavy atom. The third kappa shape index (κ3) is 6.23. The molecule has 0 heterocycles. The monoisotopic (exact) mass is 413 g/mol. The summed E-state index contributed by atoms with van der Waals surface area (Å²) in [6.45, 7) is 7.50. The Morgan fingerprint density at radius 2 is 1.57 bits per heavy atom. The van der Waals surface area contributed by atoms with Crippen LogP contribution in [0.3, 0.4) is 0 Å². The second-order valence-corrected chi connectivity index (χ2v) is 6.23. The highest BCUT2D eigenvalue weighted by atomic mass is 16.5. The number of hydrogen-bond donors (Lipinski definition) is 2. The number of carbonyl (C=O) groups is 3. The normalized spacial score (nSPS) is 10.1. The van der Waals surface area contributed by atoms with Crippen LogP contribution < -0.4 is 20.5 Å². The molecule has 8 heteroatoms. The van der Waals surface area contributed by atoms with Crippen LogP contribution in [0.25, 0.3) is 0 Å². The first-order valence-corrected chi connectivity index (χ1v) is 9.83. The molecule has 0 bridgehead atoms. The van der Waals surface area contributed by atoms with E-state index < -0.39 is 24.4 Å². The summed E-state index contributed by atoms with van der Waals surface area (Å²) < 4.78 is 10.4. The highest BCUT2D eigenvalue weighted by molar-refractivity contribution is 5.96. The summed E-state index contributed by atoms with van der Waals surface area (Å²) in [4.78, 5) is 38.4. The first kappa shape index (κ1) is 22.7. The maximum atomic E-state index is 12.2. The molecule has 0 aliphatic carbocycles. The van der Waals surface area contributed by atoms with E-state index in [-0.39, 0.29) is 5.56 Å².